The number of rotatable bonds is 5. The summed E-state index contributed by atoms with van der Waals surface area (Å²) in [5.41, 5.74) is 3.12. The van der Waals surface area contributed by atoms with Crippen LogP contribution in [-0.2, 0) is 4.79 Å². The van der Waals surface area contributed by atoms with E-state index in [2.05, 4.69) is 25.9 Å². The number of carbonyl (C=O) groups is 2. The number of aromatic nitrogens is 2. The third kappa shape index (κ3) is 4.83. The van der Waals surface area contributed by atoms with E-state index in [0.29, 0.717) is 22.2 Å². The van der Waals surface area contributed by atoms with Crippen molar-refractivity contribution >= 4 is 46.3 Å². The molecule has 2 aromatic carbocycles. The Kier molecular flexibility index (Phi) is 5.86. The summed E-state index contributed by atoms with van der Waals surface area (Å²) < 4.78 is 0. The molecule has 0 aliphatic carbocycles. The molecule has 7 nitrogen and oxygen atoms in total. The smallest absolute Gasteiger partial charge is 0.274 e. The Morgan fingerprint density at radius 1 is 0.964 bits per heavy atom. The van der Waals surface area contributed by atoms with Gasteiger partial charge in [0, 0.05) is 35.1 Å². The average molecular weight is 396 g/mol. The third-order valence-corrected chi connectivity index (χ3v) is 4.30. The largest absolute Gasteiger partial charge is 0.340 e. The maximum absolute atomic E-state index is 12.5. The molecule has 3 rings (SSSR count). The first-order chi connectivity index (χ1) is 13.4. The Balaban J connectivity index is 1.71. The second-order valence-corrected chi connectivity index (χ2v) is 6.45. The molecule has 0 bridgehead atoms. The van der Waals surface area contributed by atoms with E-state index in [1.807, 2.05) is 19.1 Å². The Morgan fingerprint density at radius 2 is 1.64 bits per heavy atom. The standard InChI is InChI=1S/C20H18ClN5O2/c1-12-16(21)4-3-5-17(12)26-19-10-18(22-11-23-19)20(28)25-15-8-6-14(7-9-15)24-13(2)27/h3-11H,1-2H3,(H,24,27)(H,25,28)(H,22,23,26). The van der Waals surface area contributed by atoms with Crippen LogP contribution in [0.25, 0.3) is 0 Å². The molecule has 0 saturated carbocycles. The van der Waals surface area contributed by atoms with Gasteiger partial charge in [0.05, 0.1) is 0 Å². The SMILES string of the molecule is CC(=O)Nc1ccc(NC(=O)c2cc(Nc3cccc(Cl)c3C)ncn2)cc1. The number of halogens is 1. The van der Waals surface area contributed by atoms with Crippen molar-refractivity contribution in [1.82, 2.24) is 9.97 Å². The maximum atomic E-state index is 12.5. The predicted octanol–water partition coefficient (Wildman–Crippen LogP) is 4.39. The Bertz CT molecular complexity index is 1020. The second-order valence-electron chi connectivity index (χ2n) is 6.04. The van der Waals surface area contributed by atoms with Gasteiger partial charge in [-0.2, -0.15) is 0 Å². The fourth-order valence-corrected chi connectivity index (χ4v) is 2.64. The summed E-state index contributed by atoms with van der Waals surface area (Å²) in [4.78, 5) is 31.7. The lowest BCUT2D eigenvalue weighted by molar-refractivity contribution is -0.114. The Labute approximate surface area is 167 Å². The van der Waals surface area contributed by atoms with Crippen molar-refractivity contribution in [2.24, 2.45) is 0 Å². The zero-order chi connectivity index (χ0) is 20.1. The van der Waals surface area contributed by atoms with E-state index in [9.17, 15) is 9.59 Å². The van der Waals surface area contributed by atoms with Crippen LogP contribution in [0.15, 0.2) is 54.9 Å². The van der Waals surface area contributed by atoms with E-state index in [-0.39, 0.29) is 17.5 Å². The van der Waals surface area contributed by atoms with Crippen LogP contribution in [0.3, 0.4) is 0 Å². The van der Waals surface area contributed by atoms with Crippen LogP contribution in [0, 0.1) is 6.92 Å². The average Bonchev–Trinajstić information content (AvgIpc) is 2.67. The highest BCUT2D eigenvalue weighted by Crippen LogP contribution is 2.25. The van der Waals surface area contributed by atoms with Gasteiger partial charge in [0.1, 0.15) is 17.8 Å². The van der Waals surface area contributed by atoms with Crippen LogP contribution in [0.4, 0.5) is 22.9 Å². The van der Waals surface area contributed by atoms with Gasteiger partial charge >= 0.3 is 0 Å². The molecule has 3 aromatic rings. The molecule has 8 heteroatoms. The normalized spacial score (nSPS) is 10.2. The minimum absolute atomic E-state index is 0.159. The van der Waals surface area contributed by atoms with Crippen molar-refractivity contribution in [3.05, 3.63) is 71.1 Å². The molecule has 1 heterocycles. The van der Waals surface area contributed by atoms with Gasteiger partial charge in [0.15, 0.2) is 0 Å². The lowest BCUT2D eigenvalue weighted by atomic mass is 10.2. The summed E-state index contributed by atoms with van der Waals surface area (Å²) in [6.07, 6.45) is 1.32. The van der Waals surface area contributed by atoms with Gasteiger partial charge in [-0.05, 0) is 48.9 Å². The van der Waals surface area contributed by atoms with Gasteiger partial charge in [-0.15, -0.1) is 0 Å². The van der Waals surface area contributed by atoms with Crippen molar-refractivity contribution in [3.63, 3.8) is 0 Å². The van der Waals surface area contributed by atoms with Crippen LogP contribution in [0.5, 0.6) is 0 Å². The molecule has 0 atom stereocenters. The first kappa shape index (κ1) is 19.3. The van der Waals surface area contributed by atoms with Crippen molar-refractivity contribution in [1.29, 1.82) is 0 Å². The quantitative estimate of drug-likeness (QED) is 0.595. The van der Waals surface area contributed by atoms with Crippen LogP contribution in [0.1, 0.15) is 23.0 Å². The molecule has 0 saturated heterocycles. The van der Waals surface area contributed by atoms with Crippen molar-refractivity contribution in [2.75, 3.05) is 16.0 Å². The number of carbonyl (C=O) groups excluding carboxylic acids is 2. The van der Waals surface area contributed by atoms with Gasteiger partial charge in [0.2, 0.25) is 5.91 Å². The molecule has 0 fully saturated rings. The van der Waals surface area contributed by atoms with Gasteiger partial charge in [0.25, 0.3) is 5.91 Å². The van der Waals surface area contributed by atoms with Gasteiger partial charge in [-0.1, -0.05) is 17.7 Å². The minimum Gasteiger partial charge on any atom is -0.340 e. The maximum Gasteiger partial charge on any atom is 0.274 e. The molecule has 2 amide bonds. The van der Waals surface area contributed by atoms with Gasteiger partial charge in [-0.3, -0.25) is 9.59 Å². The topological polar surface area (TPSA) is 96.0 Å². The number of hydrogen-bond donors (Lipinski definition) is 3. The Hall–Kier alpha value is -3.45. The van der Waals surface area contributed by atoms with Gasteiger partial charge < -0.3 is 16.0 Å². The monoisotopic (exact) mass is 395 g/mol. The highest BCUT2D eigenvalue weighted by molar-refractivity contribution is 6.31. The molecule has 0 radical (unpaired) electrons. The zero-order valence-electron chi connectivity index (χ0n) is 15.3. The molecular weight excluding hydrogens is 378 g/mol. The van der Waals surface area contributed by atoms with E-state index >= 15 is 0 Å². The van der Waals surface area contributed by atoms with E-state index in [1.54, 1.807) is 36.4 Å². The highest BCUT2D eigenvalue weighted by Gasteiger charge is 2.11. The van der Waals surface area contributed by atoms with E-state index in [4.69, 9.17) is 11.6 Å². The van der Waals surface area contributed by atoms with Crippen molar-refractivity contribution in [2.45, 2.75) is 13.8 Å². The molecular formula is C20H18ClN5O2. The fraction of sp³-hybridized carbons (Fsp3) is 0.100. The molecule has 0 aliphatic heterocycles. The molecule has 0 spiro atoms. The summed E-state index contributed by atoms with van der Waals surface area (Å²) >= 11 is 6.13. The highest BCUT2D eigenvalue weighted by atomic mass is 35.5. The van der Waals surface area contributed by atoms with E-state index in [0.717, 1.165) is 11.3 Å². The first-order valence-electron chi connectivity index (χ1n) is 8.45. The second kappa shape index (κ2) is 8.49. The van der Waals surface area contributed by atoms with Crippen LogP contribution < -0.4 is 16.0 Å². The number of hydrogen-bond acceptors (Lipinski definition) is 5. The lowest BCUT2D eigenvalue weighted by Crippen LogP contribution is -2.14. The zero-order valence-corrected chi connectivity index (χ0v) is 16.0. The Morgan fingerprint density at radius 3 is 2.32 bits per heavy atom. The van der Waals surface area contributed by atoms with E-state index < -0.39 is 0 Å². The summed E-state index contributed by atoms with van der Waals surface area (Å²) in [5, 5.41) is 9.21. The number of benzene rings is 2. The summed E-state index contributed by atoms with van der Waals surface area (Å²) in [5.74, 6) is -0.0557. The predicted molar refractivity (Wildman–Crippen MR) is 110 cm³/mol. The molecule has 0 aliphatic rings. The van der Waals surface area contributed by atoms with Crippen molar-refractivity contribution < 1.29 is 9.59 Å². The summed E-state index contributed by atoms with van der Waals surface area (Å²) in [7, 11) is 0. The molecule has 142 valence electrons. The number of anilines is 4. The molecule has 1 aromatic heterocycles. The fourth-order valence-electron chi connectivity index (χ4n) is 2.47. The molecule has 28 heavy (non-hydrogen) atoms. The van der Waals surface area contributed by atoms with Crippen LogP contribution in [0.2, 0.25) is 5.02 Å². The van der Waals surface area contributed by atoms with Crippen molar-refractivity contribution in [3.8, 4) is 0 Å². The summed E-state index contributed by atoms with van der Waals surface area (Å²) in [6.45, 7) is 3.32. The van der Waals surface area contributed by atoms with Crippen LogP contribution >= 0.6 is 11.6 Å². The van der Waals surface area contributed by atoms with E-state index in [1.165, 1.54) is 13.3 Å². The first-order valence-corrected chi connectivity index (χ1v) is 8.83. The molecule has 3 N–H and O–H groups in total. The van der Waals surface area contributed by atoms with Gasteiger partial charge in [-0.25, -0.2) is 9.97 Å². The number of amides is 2. The lowest BCUT2D eigenvalue weighted by Gasteiger charge is -2.11. The molecule has 0 unspecified atom stereocenters. The third-order valence-electron chi connectivity index (χ3n) is 3.89. The summed E-state index contributed by atoms with van der Waals surface area (Å²) in [6, 6.07) is 13.9. The number of nitrogens with zero attached hydrogens (tertiary/aromatic N) is 2. The van der Waals surface area contributed by atoms with Crippen LogP contribution in [-0.4, -0.2) is 21.8 Å². The number of nitrogens with one attached hydrogen (secondary N) is 3. The minimum atomic E-state index is -0.374.